The quantitative estimate of drug-likeness (QED) is 0.404. The van der Waals surface area contributed by atoms with E-state index in [-0.39, 0.29) is 6.04 Å². The van der Waals surface area contributed by atoms with Crippen LogP contribution in [0.5, 0.6) is 0 Å². The van der Waals surface area contributed by atoms with E-state index < -0.39 is 0 Å². The molecular weight excluding hydrogens is 438 g/mol. The molecule has 3 aromatic heterocycles. The molecule has 2 atom stereocenters. The largest absolute Gasteiger partial charge is 0.380 e. The molecule has 4 heterocycles. The molecule has 1 aliphatic heterocycles. The van der Waals surface area contributed by atoms with E-state index >= 15 is 0 Å². The van der Waals surface area contributed by atoms with Gasteiger partial charge in [-0.25, -0.2) is 14.5 Å². The van der Waals surface area contributed by atoms with Crippen molar-refractivity contribution in [1.29, 1.82) is 0 Å². The van der Waals surface area contributed by atoms with Gasteiger partial charge in [0.25, 0.3) is 0 Å². The van der Waals surface area contributed by atoms with Gasteiger partial charge in [-0.15, -0.1) is 5.10 Å². The Labute approximate surface area is 208 Å². The Morgan fingerprint density at radius 3 is 2.63 bits per heavy atom. The molecule has 0 radical (unpaired) electrons. The Bertz CT molecular complexity index is 1120. The van der Waals surface area contributed by atoms with Crippen molar-refractivity contribution in [1.82, 2.24) is 29.9 Å². The number of aromatic nitrogens is 5. The summed E-state index contributed by atoms with van der Waals surface area (Å²) in [6.45, 7) is 12.0. The molecule has 3 aromatic rings. The zero-order valence-electron chi connectivity index (χ0n) is 21.9. The van der Waals surface area contributed by atoms with Gasteiger partial charge in [-0.2, -0.15) is 4.98 Å². The van der Waals surface area contributed by atoms with Crippen molar-refractivity contribution in [3.8, 4) is 0 Å². The topological polar surface area (TPSA) is 109 Å². The zero-order valence-corrected chi connectivity index (χ0v) is 21.9. The maximum atomic E-state index is 6.23. The predicted octanol–water partition coefficient (Wildman–Crippen LogP) is 3.67. The molecule has 0 spiro atoms. The number of hydrogen-bond donors (Lipinski definition) is 3. The minimum atomic E-state index is 0.251. The first-order valence-corrected chi connectivity index (χ1v) is 13.0. The van der Waals surface area contributed by atoms with Crippen LogP contribution in [0.3, 0.4) is 0 Å². The Hall–Kier alpha value is -2.94. The summed E-state index contributed by atoms with van der Waals surface area (Å²) in [5.74, 6) is 3.30. The molecule has 1 aliphatic rings. The van der Waals surface area contributed by atoms with Gasteiger partial charge in [0.05, 0.1) is 11.9 Å². The monoisotopic (exact) mass is 479 g/mol. The summed E-state index contributed by atoms with van der Waals surface area (Å²) in [6, 6.07) is 2.49. The summed E-state index contributed by atoms with van der Waals surface area (Å²) < 4.78 is 1.82. The Morgan fingerprint density at radius 2 is 1.94 bits per heavy atom. The molecule has 4 rings (SSSR count). The molecule has 190 valence electrons. The van der Waals surface area contributed by atoms with Crippen LogP contribution in [0.25, 0.3) is 5.65 Å². The van der Waals surface area contributed by atoms with Gasteiger partial charge in [0.1, 0.15) is 5.82 Å². The summed E-state index contributed by atoms with van der Waals surface area (Å²) in [6.07, 6.45) is 9.22. The van der Waals surface area contributed by atoms with E-state index in [4.69, 9.17) is 15.8 Å². The van der Waals surface area contributed by atoms with Gasteiger partial charge in [0.2, 0.25) is 5.95 Å². The number of rotatable bonds is 10. The summed E-state index contributed by atoms with van der Waals surface area (Å²) in [5.41, 5.74) is 10.1. The lowest BCUT2D eigenvalue weighted by molar-refractivity contribution is 0.392. The summed E-state index contributed by atoms with van der Waals surface area (Å²) >= 11 is 0. The fourth-order valence-corrected chi connectivity index (χ4v) is 5.08. The molecule has 35 heavy (non-hydrogen) atoms. The number of hydrogen-bond acceptors (Lipinski definition) is 8. The highest BCUT2D eigenvalue weighted by Gasteiger charge is 2.21. The molecular formula is C26H41N9. The number of nitrogen functional groups attached to an aromatic ring is 1. The van der Waals surface area contributed by atoms with Gasteiger partial charge < -0.3 is 21.3 Å². The van der Waals surface area contributed by atoms with E-state index in [1.54, 1.807) is 0 Å². The molecule has 9 heteroatoms. The highest BCUT2D eigenvalue weighted by molar-refractivity contribution is 5.61. The zero-order chi connectivity index (χ0) is 24.9. The third kappa shape index (κ3) is 5.83. The van der Waals surface area contributed by atoms with E-state index in [0.717, 1.165) is 55.5 Å². The second-order valence-electron chi connectivity index (χ2n) is 10.2. The van der Waals surface area contributed by atoms with Gasteiger partial charge >= 0.3 is 0 Å². The van der Waals surface area contributed by atoms with E-state index in [9.17, 15) is 0 Å². The van der Waals surface area contributed by atoms with Crippen molar-refractivity contribution in [3.63, 3.8) is 0 Å². The number of nitrogens with zero attached hydrogens (tertiary/aromatic N) is 6. The highest BCUT2D eigenvalue weighted by atomic mass is 15.3. The molecule has 0 saturated carbocycles. The lowest BCUT2D eigenvalue weighted by Crippen LogP contribution is -2.37. The van der Waals surface area contributed by atoms with Gasteiger partial charge in [-0.05, 0) is 69.7 Å². The second-order valence-corrected chi connectivity index (χ2v) is 10.2. The molecule has 0 aliphatic carbocycles. The first-order valence-electron chi connectivity index (χ1n) is 13.0. The van der Waals surface area contributed by atoms with Crippen LogP contribution >= 0.6 is 0 Å². The molecule has 1 fully saturated rings. The van der Waals surface area contributed by atoms with Crippen LogP contribution in [-0.4, -0.2) is 57.3 Å². The summed E-state index contributed by atoms with van der Waals surface area (Å²) in [4.78, 5) is 16.2. The number of aryl methyl sites for hydroxylation is 1. The lowest BCUT2D eigenvalue weighted by Gasteiger charge is -2.33. The smallest absolute Gasteiger partial charge is 0.243 e. The van der Waals surface area contributed by atoms with E-state index in [1.165, 1.54) is 18.4 Å². The minimum absolute atomic E-state index is 0.251. The third-order valence-electron chi connectivity index (χ3n) is 7.31. The lowest BCUT2D eigenvalue weighted by atomic mass is 9.96. The van der Waals surface area contributed by atoms with Crippen LogP contribution in [0.2, 0.25) is 0 Å². The maximum absolute atomic E-state index is 6.23. The number of fused-ring (bicyclic) bond motifs is 1. The first kappa shape index (κ1) is 25.2. The fraction of sp³-hybridized carbons (Fsp3) is 0.615. The van der Waals surface area contributed by atoms with Crippen molar-refractivity contribution in [2.45, 2.75) is 65.8 Å². The Balaban J connectivity index is 1.49. The van der Waals surface area contributed by atoms with Gasteiger partial charge in [-0.3, -0.25) is 0 Å². The number of nitrogens with one attached hydrogen (secondary N) is 2. The average molecular weight is 480 g/mol. The predicted molar refractivity (Wildman–Crippen MR) is 143 cm³/mol. The van der Waals surface area contributed by atoms with Crippen LogP contribution in [-0.2, 0) is 6.42 Å². The van der Waals surface area contributed by atoms with Crippen molar-refractivity contribution in [3.05, 3.63) is 35.3 Å². The molecule has 0 amide bonds. The Kier molecular flexibility index (Phi) is 8.05. The maximum Gasteiger partial charge on any atom is 0.243 e. The van der Waals surface area contributed by atoms with Crippen molar-refractivity contribution in [2.24, 2.45) is 11.8 Å². The van der Waals surface area contributed by atoms with Crippen LogP contribution in [0.4, 0.5) is 17.6 Å². The number of anilines is 3. The van der Waals surface area contributed by atoms with Crippen LogP contribution < -0.4 is 21.3 Å². The van der Waals surface area contributed by atoms with Crippen LogP contribution in [0, 0.1) is 18.8 Å². The molecule has 9 nitrogen and oxygen atoms in total. The number of piperidine rings is 1. The van der Waals surface area contributed by atoms with E-state index in [0.29, 0.717) is 29.8 Å². The van der Waals surface area contributed by atoms with Crippen molar-refractivity contribution < 1.29 is 0 Å². The summed E-state index contributed by atoms with van der Waals surface area (Å²) in [7, 11) is 2.03. The van der Waals surface area contributed by atoms with Gasteiger partial charge in [0, 0.05) is 31.7 Å². The van der Waals surface area contributed by atoms with Crippen LogP contribution in [0.15, 0.2) is 18.5 Å². The average Bonchev–Trinajstić information content (AvgIpc) is 3.23. The Morgan fingerprint density at radius 1 is 1.17 bits per heavy atom. The number of imidazole rings is 1. The molecule has 0 bridgehead atoms. The normalized spacial score (nSPS) is 16.5. The van der Waals surface area contributed by atoms with E-state index in [1.807, 2.05) is 24.0 Å². The molecule has 0 aromatic carbocycles. The van der Waals surface area contributed by atoms with Crippen LogP contribution in [0.1, 0.15) is 63.3 Å². The SMILES string of the molecule is CCC[C@H](C)C(C)Nc1nc(N)c2ncc(Cc3cnc(N4CCC(CNC)CC4)c(C)c3)n2n1. The fourth-order valence-electron chi connectivity index (χ4n) is 5.08. The summed E-state index contributed by atoms with van der Waals surface area (Å²) in [5, 5.41) is 11.5. The van der Waals surface area contributed by atoms with Crippen molar-refractivity contribution in [2.75, 3.05) is 42.6 Å². The van der Waals surface area contributed by atoms with Crippen molar-refractivity contribution >= 4 is 23.2 Å². The number of nitrogens with two attached hydrogens (primary N) is 1. The van der Waals surface area contributed by atoms with Gasteiger partial charge in [-0.1, -0.05) is 26.3 Å². The standard InChI is InChI=1S/C26H41N9/c1-6-7-17(2)19(4)31-26-32-23(27)25-30-16-22(35(25)33-26)13-21-12-18(3)24(29-15-21)34-10-8-20(9-11-34)14-28-5/h12,15-17,19-20,28H,6-11,13-14H2,1-5H3,(H3,27,31,32,33)/t17-,19?/m0/s1. The van der Waals surface area contributed by atoms with Gasteiger partial charge in [0.15, 0.2) is 11.5 Å². The molecule has 4 N–H and O–H groups in total. The third-order valence-corrected chi connectivity index (χ3v) is 7.31. The first-order chi connectivity index (χ1) is 16.9. The highest BCUT2D eigenvalue weighted by Crippen LogP contribution is 2.26. The molecule has 1 unspecified atom stereocenters. The number of pyridine rings is 1. The van der Waals surface area contributed by atoms with E-state index in [2.05, 4.69) is 59.3 Å². The minimum Gasteiger partial charge on any atom is -0.380 e. The molecule has 1 saturated heterocycles. The second kappa shape index (κ2) is 11.2.